The zero-order chi connectivity index (χ0) is 14.6. The second-order valence-corrected chi connectivity index (χ2v) is 5.95. The number of aromatic nitrogens is 1. The Morgan fingerprint density at radius 1 is 1.35 bits per heavy atom. The van der Waals surface area contributed by atoms with Gasteiger partial charge in [-0.2, -0.15) is 0 Å². The van der Waals surface area contributed by atoms with Crippen LogP contribution in [0.2, 0.25) is 0 Å². The normalized spacial score (nSPS) is 17.2. The van der Waals surface area contributed by atoms with Gasteiger partial charge in [0.25, 0.3) is 0 Å². The highest BCUT2D eigenvalue weighted by atomic mass is 19.1. The van der Waals surface area contributed by atoms with Crippen molar-refractivity contribution in [3.05, 3.63) is 23.6 Å². The maximum absolute atomic E-state index is 14.4. The van der Waals surface area contributed by atoms with Gasteiger partial charge in [0.15, 0.2) is 11.6 Å². The number of halogens is 1. The third-order valence-electron chi connectivity index (χ3n) is 3.05. The molecule has 2 heterocycles. The fourth-order valence-electron chi connectivity index (χ4n) is 1.88. The summed E-state index contributed by atoms with van der Waals surface area (Å²) in [4.78, 5) is 4.08. The summed E-state index contributed by atoms with van der Waals surface area (Å²) >= 11 is 0. The van der Waals surface area contributed by atoms with Crippen molar-refractivity contribution in [3.63, 3.8) is 0 Å². The van der Waals surface area contributed by atoms with Gasteiger partial charge in [-0.3, -0.25) is 0 Å². The number of hydrazine groups is 1. The predicted octanol–water partition coefficient (Wildman–Crippen LogP) is 1.77. The van der Waals surface area contributed by atoms with Gasteiger partial charge in [0.2, 0.25) is 0 Å². The SMILES string of the molecule is CC(C)(C)NCc1ccnc(NN2CCOCC2)c1F. The van der Waals surface area contributed by atoms with Crippen molar-refractivity contribution in [3.8, 4) is 0 Å². The highest BCUT2D eigenvalue weighted by Gasteiger charge is 2.16. The van der Waals surface area contributed by atoms with Crippen LogP contribution in [0.5, 0.6) is 0 Å². The van der Waals surface area contributed by atoms with Crippen molar-refractivity contribution >= 4 is 5.82 Å². The molecule has 0 amide bonds. The standard InChI is InChI=1S/C14H23FN4O/c1-14(2,3)17-10-11-4-5-16-13(12(11)15)18-19-6-8-20-9-7-19/h4-5,17H,6-10H2,1-3H3,(H,16,18). The van der Waals surface area contributed by atoms with Crippen LogP contribution >= 0.6 is 0 Å². The molecule has 20 heavy (non-hydrogen) atoms. The van der Waals surface area contributed by atoms with Crippen LogP contribution in [0, 0.1) is 5.82 Å². The molecule has 0 saturated carbocycles. The molecule has 2 N–H and O–H groups in total. The summed E-state index contributed by atoms with van der Waals surface area (Å²) in [7, 11) is 0. The molecular formula is C14H23FN4O. The summed E-state index contributed by atoms with van der Waals surface area (Å²) in [5.41, 5.74) is 3.59. The molecule has 112 valence electrons. The lowest BCUT2D eigenvalue weighted by atomic mass is 10.1. The first-order valence-corrected chi connectivity index (χ1v) is 6.93. The Bertz CT molecular complexity index is 441. The Balaban J connectivity index is 2.02. The minimum atomic E-state index is -0.296. The lowest BCUT2D eigenvalue weighted by Crippen LogP contribution is -2.41. The Hall–Kier alpha value is -1.24. The van der Waals surface area contributed by atoms with E-state index >= 15 is 0 Å². The molecule has 6 heteroatoms. The smallest absolute Gasteiger partial charge is 0.177 e. The summed E-state index contributed by atoms with van der Waals surface area (Å²) in [5.74, 6) is -0.0177. The fraction of sp³-hybridized carbons (Fsp3) is 0.643. The van der Waals surface area contributed by atoms with Crippen molar-refractivity contribution in [2.45, 2.75) is 32.9 Å². The van der Waals surface area contributed by atoms with E-state index < -0.39 is 0 Å². The molecule has 1 saturated heterocycles. The molecule has 0 atom stereocenters. The number of pyridine rings is 1. The lowest BCUT2D eigenvalue weighted by Gasteiger charge is -2.28. The summed E-state index contributed by atoms with van der Waals surface area (Å²) in [6.07, 6.45) is 1.63. The largest absolute Gasteiger partial charge is 0.379 e. The van der Waals surface area contributed by atoms with Crippen molar-refractivity contribution in [1.82, 2.24) is 15.3 Å². The second-order valence-electron chi connectivity index (χ2n) is 5.95. The molecule has 1 aromatic rings. The van der Waals surface area contributed by atoms with Crippen molar-refractivity contribution in [1.29, 1.82) is 0 Å². The molecule has 1 fully saturated rings. The van der Waals surface area contributed by atoms with E-state index in [0.717, 1.165) is 13.1 Å². The number of hydrogen-bond donors (Lipinski definition) is 2. The second kappa shape index (κ2) is 6.47. The molecule has 1 aromatic heterocycles. The number of rotatable bonds is 4. The third kappa shape index (κ3) is 4.40. The summed E-state index contributed by atoms with van der Waals surface area (Å²) in [6.45, 7) is 9.41. The third-order valence-corrected chi connectivity index (χ3v) is 3.05. The zero-order valence-corrected chi connectivity index (χ0v) is 12.4. The fourth-order valence-corrected chi connectivity index (χ4v) is 1.88. The molecule has 5 nitrogen and oxygen atoms in total. The number of hydrogen-bond acceptors (Lipinski definition) is 5. The molecule has 1 aliphatic heterocycles. The summed E-state index contributed by atoms with van der Waals surface area (Å²) in [5, 5.41) is 5.21. The van der Waals surface area contributed by atoms with Gasteiger partial charge in [0.1, 0.15) is 0 Å². The van der Waals surface area contributed by atoms with Gasteiger partial charge in [-0.1, -0.05) is 0 Å². The van der Waals surface area contributed by atoms with E-state index in [1.54, 1.807) is 12.3 Å². The number of anilines is 1. The Morgan fingerprint density at radius 3 is 2.70 bits per heavy atom. The minimum absolute atomic E-state index is 0.0481. The Morgan fingerprint density at radius 2 is 2.05 bits per heavy atom. The Labute approximate surface area is 119 Å². The van der Waals surface area contributed by atoms with Crippen LogP contribution in [-0.2, 0) is 11.3 Å². The van der Waals surface area contributed by atoms with E-state index in [2.05, 4.69) is 36.5 Å². The first-order chi connectivity index (χ1) is 9.46. The average Bonchev–Trinajstić information content (AvgIpc) is 2.40. The molecule has 0 unspecified atom stereocenters. The van der Waals surface area contributed by atoms with Gasteiger partial charge >= 0.3 is 0 Å². The van der Waals surface area contributed by atoms with Crippen LogP contribution < -0.4 is 10.7 Å². The van der Waals surface area contributed by atoms with Crippen molar-refractivity contribution in [2.75, 3.05) is 31.7 Å². The van der Waals surface area contributed by atoms with Crippen LogP contribution in [0.15, 0.2) is 12.3 Å². The number of nitrogens with one attached hydrogen (secondary N) is 2. The highest BCUT2D eigenvalue weighted by molar-refractivity contribution is 5.39. The monoisotopic (exact) mass is 282 g/mol. The van der Waals surface area contributed by atoms with Crippen molar-refractivity contribution in [2.24, 2.45) is 0 Å². The molecular weight excluding hydrogens is 259 g/mol. The first kappa shape index (κ1) is 15.2. The van der Waals surface area contributed by atoms with Gasteiger partial charge in [0.05, 0.1) is 13.2 Å². The molecule has 2 rings (SSSR count). The van der Waals surface area contributed by atoms with Crippen LogP contribution in [0.3, 0.4) is 0 Å². The number of ether oxygens (including phenoxy) is 1. The Kier molecular flexibility index (Phi) is 4.91. The van der Waals surface area contributed by atoms with E-state index in [1.165, 1.54) is 0 Å². The van der Waals surface area contributed by atoms with Gasteiger partial charge < -0.3 is 15.5 Å². The van der Waals surface area contributed by atoms with Crippen molar-refractivity contribution < 1.29 is 9.13 Å². The van der Waals surface area contributed by atoms with Gasteiger partial charge in [-0.15, -0.1) is 0 Å². The predicted molar refractivity (Wildman–Crippen MR) is 76.8 cm³/mol. The van der Waals surface area contributed by atoms with E-state index in [0.29, 0.717) is 25.3 Å². The van der Waals surface area contributed by atoms with Crippen LogP contribution in [0.1, 0.15) is 26.3 Å². The average molecular weight is 282 g/mol. The van der Waals surface area contributed by atoms with E-state index in [1.807, 2.05) is 5.01 Å². The van der Waals surface area contributed by atoms with Gasteiger partial charge in [0, 0.05) is 36.9 Å². The lowest BCUT2D eigenvalue weighted by molar-refractivity contribution is 0.0493. The zero-order valence-electron chi connectivity index (χ0n) is 12.4. The molecule has 0 bridgehead atoms. The molecule has 0 radical (unpaired) electrons. The first-order valence-electron chi connectivity index (χ1n) is 6.93. The van der Waals surface area contributed by atoms with Crippen LogP contribution in [-0.4, -0.2) is 41.8 Å². The van der Waals surface area contributed by atoms with E-state index in [9.17, 15) is 4.39 Å². The molecule has 0 aromatic carbocycles. The highest BCUT2D eigenvalue weighted by Crippen LogP contribution is 2.17. The quantitative estimate of drug-likeness (QED) is 0.881. The van der Waals surface area contributed by atoms with Gasteiger partial charge in [-0.25, -0.2) is 14.4 Å². The maximum Gasteiger partial charge on any atom is 0.177 e. The minimum Gasteiger partial charge on any atom is -0.379 e. The van der Waals surface area contributed by atoms with Gasteiger partial charge in [-0.05, 0) is 26.8 Å². The number of morpholine rings is 1. The number of nitrogens with zero attached hydrogens (tertiary/aromatic N) is 2. The van der Waals surface area contributed by atoms with Crippen LogP contribution in [0.25, 0.3) is 0 Å². The molecule has 0 spiro atoms. The molecule has 0 aliphatic carbocycles. The van der Waals surface area contributed by atoms with Crippen LogP contribution in [0.4, 0.5) is 10.2 Å². The molecule has 1 aliphatic rings. The summed E-state index contributed by atoms with van der Waals surface area (Å²) in [6, 6.07) is 1.71. The van der Waals surface area contributed by atoms with E-state index in [4.69, 9.17) is 4.74 Å². The summed E-state index contributed by atoms with van der Waals surface area (Å²) < 4.78 is 19.6. The maximum atomic E-state index is 14.4. The van der Waals surface area contributed by atoms with E-state index in [-0.39, 0.29) is 17.2 Å². The topological polar surface area (TPSA) is 49.4 Å².